The van der Waals surface area contributed by atoms with Crippen LogP contribution in [-0.4, -0.2) is 31.1 Å². The van der Waals surface area contributed by atoms with Gasteiger partial charge < -0.3 is 14.6 Å². The Morgan fingerprint density at radius 2 is 1.71 bits per heavy atom. The van der Waals surface area contributed by atoms with E-state index in [0.29, 0.717) is 5.92 Å². The molecule has 0 saturated heterocycles. The van der Waals surface area contributed by atoms with Gasteiger partial charge in [-0.15, -0.1) is 0 Å². The van der Waals surface area contributed by atoms with E-state index >= 15 is 0 Å². The number of methoxy groups -OCH3 is 1. The SMILES string of the molecule is CCC(C)(C)C(=O)OC1CC2CC1C1C3CCC(C3)C21.COCO. The second-order valence-corrected chi connectivity index (χ2v) is 8.98. The van der Waals surface area contributed by atoms with Crippen molar-refractivity contribution in [2.24, 2.45) is 40.9 Å². The third-order valence-corrected chi connectivity index (χ3v) is 7.50. The van der Waals surface area contributed by atoms with Crippen molar-refractivity contribution in [1.29, 1.82) is 0 Å². The smallest absolute Gasteiger partial charge is 0.311 e. The molecule has 0 spiro atoms. The van der Waals surface area contributed by atoms with Crippen molar-refractivity contribution in [3.63, 3.8) is 0 Å². The minimum absolute atomic E-state index is 0.0391. The molecule has 4 rings (SSSR count). The molecule has 1 N–H and O–H groups in total. The number of aliphatic hydroxyl groups excluding tert-OH is 1. The molecule has 0 radical (unpaired) electrons. The van der Waals surface area contributed by atoms with E-state index < -0.39 is 0 Å². The van der Waals surface area contributed by atoms with Crippen LogP contribution in [0.2, 0.25) is 0 Å². The lowest BCUT2D eigenvalue weighted by atomic mass is 9.70. The molecule has 4 aliphatic rings. The maximum atomic E-state index is 12.4. The fraction of sp³-hybridized carbons (Fsp3) is 0.950. The first-order valence-corrected chi connectivity index (χ1v) is 9.73. The van der Waals surface area contributed by atoms with Gasteiger partial charge in [-0.2, -0.15) is 0 Å². The van der Waals surface area contributed by atoms with E-state index in [2.05, 4.69) is 11.7 Å². The minimum atomic E-state index is -0.310. The maximum absolute atomic E-state index is 12.4. The molecule has 0 aliphatic heterocycles. The van der Waals surface area contributed by atoms with Crippen LogP contribution in [0.25, 0.3) is 0 Å². The lowest BCUT2D eigenvalue weighted by Gasteiger charge is -2.39. The number of hydrogen-bond acceptors (Lipinski definition) is 4. The summed E-state index contributed by atoms with van der Waals surface area (Å²) in [6.07, 6.45) is 8.07. The lowest BCUT2D eigenvalue weighted by Crippen LogP contribution is -2.39. The first-order chi connectivity index (χ1) is 11.4. The summed E-state index contributed by atoms with van der Waals surface area (Å²) in [7, 11) is 1.43. The van der Waals surface area contributed by atoms with Crippen molar-refractivity contribution in [1.82, 2.24) is 0 Å². The van der Waals surface area contributed by atoms with Crippen LogP contribution in [0, 0.1) is 40.9 Å². The molecule has 4 nitrogen and oxygen atoms in total. The standard InChI is InChI=1S/C18H28O2.C2H6O2/c1-4-18(2,3)17(19)20-14-9-12-8-13(14)16-11-6-5-10(7-11)15(12)16;1-4-2-3/h10-16H,4-9H2,1-3H3;3H,2H2,1H3. The molecule has 7 atom stereocenters. The molecule has 4 saturated carbocycles. The molecule has 4 heteroatoms. The molecule has 4 fully saturated rings. The predicted molar refractivity (Wildman–Crippen MR) is 92.1 cm³/mol. The summed E-state index contributed by atoms with van der Waals surface area (Å²) in [6, 6.07) is 0. The summed E-state index contributed by atoms with van der Waals surface area (Å²) in [4.78, 5) is 12.4. The van der Waals surface area contributed by atoms with Crippen LogP contribution < -0.4 is 0 Å². The van der Waals surface area contributed by atoms with Crippen molar-refractivity contribution in [3.8, 4) is 0 Å². The highest BCUT2D eigenvalue weighted by molar-refractivity contribution is 5.76. The number of rotatable bonds is 4. The van der Waals surface area contributed by atoms with Gasteiger partial charge in [-0.25, -0.2) is 0 Å². The topological polar surface area (TPSA) is 55.8 Å². The number of carbonyl (C=O) groups excluding carboxylic acids is 1. The highest BCUT2D eigenvalue weighted by Gasteiger charge is 2.63. The zero-order valence-electron chi connectivity index (χ0n) is 15.7. The Bertz CT molecular complexity index is 459. The molecule has 7 unspecified atom stereocenters. The Labute approximate surface area is 146 Å². The maximum Gasteiger partial charge on any atom is 0.311 e. The summed E-state index contributed by atoms with van der Waals surface area (Å²) in [5, 5.41) is 7.65. The van der Waals surface area contributed by atoms with E-state index in [-0.39, 0.29) is 24.3 Å². The third-order valence-electron chi connectivity index (χ3n) is 7.50. The molecular weight excluding hydrogens is 304 g/mol. The van der Waals surface area contributed by atoms with E-state index in [4.69, 9.17) is 9.84 Å². The molecule has 0 amide bonds. The number of hydrogen-bond donors (Lipinski definition) is 1. The molecule has 138 valence electrons. The van der Waals surface area contributed by atoms with Crippen molar-refractivity contribution in [2.45, 2.75) is 65.4 Å². The quantitative estimate of drug-likeness (QED) is 0.483. The average Bonchev–Trinajstić information content (AvgIpc) is 3.33. The zero-order valence-corrected chi connectivity index (χ0v) is 15.7. The van der Waals surface area contributed by atoms with E-state index in [1.165, 1.54) is 39.2 Å². The fourth-order valence-corrected chi connectivity index (χ4v) is 6.08. The normalized spacial score (nSPS) is 41.8. The van der Waals surface area contributed by atoms with Gasteiger partial charge in [-0.3, -0.25) is 4.79 Å². The fourth-order valence-electron chi connectivity index (χ4n) is 6.08. The monoisotopic (exact) mass is 338 g/mol. The molecule has 0 aromatic heterocycles. The Morgan fingerprint density at radius 3 is 2.29 bits per heavy atom. The number of carbonyl (C=O) groups is 1. The molecule has 4 aliphatic carbocycles. The average molecular weight is 338 g/mol. The summed E-state index contributed by atoms with van der Waals surface area (Å²) in [5.74, 6) is 5.55. The number of aliphatic hydroxyl groups is 1. The highest BCUT2D eigenvalue weighted by Crippen LogP contribution is 2.67. The molecule has 24 heavy (non-hydrogen) atoms. The van der Waals surface area contributed by atoms with Gasteiger partial charge >= 0.3 is 5.97 Å². The van der Waals surface area contributed by atoms with Crippen molar-refractivity contribution in [2.75, 3.05) is 13.9 Å². The lowest BCUT2D eigenvalue weighted by molar-refractivity contribution is -0.164. The zero-order chi connectivity index (χ0) is 17.5. The second kappa shape index (κ2) is 6.95. The summed E-state index contributed by atoms with van der Waals surface area (Å²) in [6.45, 7) is 5.93. The van der Waals surface area contributed by atoms with Crippen LogP contribution in [0.15, 0.2) is 0 Å². The highest BCUT2D eigenvalue weighted by atomic mass is 16.6. The van der Waals surface area contributed by atoms with Crippen LogP contribution in [0.4, 0.5) is 0 Å². The molecule has 0 aromatic rings. The van der Waals surface area contributed by atoms with Gasteiger partial charge in [0.05, 0.1) is 5.41 Å². The molecule has 0 aromatic carbocycles. The Kier molecular flexibility index (Phi) is 5.27. The van der Waals surface area contributed by atoms with E-state index in [9.17, 15) is 4.79 Å². The summed E-state index contributed by atoms with van der Waals surface area (Å²) < 4.78 is 10.1. The Balaban J connectivity index is 0.000000383. The number of esters is 1. The van der Waals surface area contributed by atoms with Gasteiger partial charge in [-0.1, -0.05) is 6.92 Å². The van der Waals surface area contributed by atoms with Crippen molar-refractivity contribution >= 4 is 5.97 Å². The molecule has 0 heterocycles. The van der Waals surface area contributed by atoms with Crippen LogP contribution in [0.1, 0.15) is 59.3 Å². The van der Waals surface area contributed by atoms with Crippen LogP contribution in [0.3, 0.4) is 0 Å². The molecule has 4 bridgehead atoms. The Hall–Kier alpha value is -0.610. The van der Waals surface area contributed by atoms with Gasteiger partial charge in [0.15, 0.2) is 0 Å². The number of ether oxygens (including phenoxy) is 2. The first-order valence-electron chi connectivity index (χ1n) is 9.73. The van der Waals surface area contributed by atoms with Crippen LogP contribution >= 0.6 is 0 Å². The van der Waals surface area contributed by atoms with Crippen LogP contribution in [0.5, 0.6) is 0 Å². The number of fused-ring (bicyclic) bond motifs is 9. The Morgan fingerprint density at radius 1 is 1.08 bits per heavy atom. The third kappa shape index (κ3) is 3.01. The molecular formula is C20H34O4. The first kappa shape index (κ1) is 18.2. The van der Waals surface area contributed by atoms with Gasteiger partial charge in [0.25, 0.3) is 0 Å². The minimum Gasteiger partial charge on any atom is -0.462 e. The van der Waals surface area contributed by atoms with E-state index in [1.807, 2.05) is 13.8 Å². The van der Waals surface area contributed by atoms with Crippen molar-refractivity contribution < 1.29 is 19.4 Å². The summed E-state index contributed by atoms with van der Waals surface area (Å²) in [5.41, 5.74) is -0.310. The largest absolute Gasteiger partial charge is 0.462 e. The predicted octanol–water partition coefficient (Wildman–Crippen LogP) is 3.62. The van der Waals surface area contributed by atoms with Gasteiger partial charge in [0, 0.05) is 7.11 Å². The summed E-state index contributed by atoms with van der Waals surface area (Å²) >= 11 is 0. The van der Waals surface area contributed by atoms with Gasteiger partial charge in [0.1, 0.15) is 12.9 Å². The van der Waals surface area contributed by atoms with Gasteiger partial charge in [-0.05, 0) is 87.9 Å². The van der Waals surface area contributed by atoms with Crippen LogP contribution in [-0.2, 0) is 14.3 Å². The van der Waals surface area contributed by atoms with Gasteiger partial charge in [0.2, 0.25) is 0 Å². The second-order valence-electron chi connectivity index (χ2n) is 8.98. The van der Waals surface area contributed by atoms with Crippen molar-refractivity contribution in [3.05, 3.63) is 0 Å². The van der Waals surface area contributed by atoms with E-state index in [0.717, 1.165) is 36.0 Å². The van der Waals surface area contributed by atoms with E-state index in [1.54, 1.807) is 0 Å².